The largest absolute Gasteiger partial charge is 0.465 e. The van der Waals surface area contributed by atoms with E-state index in [1.54, 1.807) is 36.7 Å². The average molecular weight is 388 g/mol. The van der Waals surface area contributed by atoms with E-state index in [-0.39, 0.29) is 5.97 Å². The molecule has 0 spiro atoms. The third-order valence-corrected chi connectivity index (χ3v) is 4.48. The van der Waals surface area contributed by atoms with Gasteiger partial charge in [-0.25, -0.2) is 4.79 Å². The molecular weight excluding hydrogens is 372 g/mol. The number of benzene rings is 2. The number of anilines is 2. The molecule has 4 aromatic rings. The molecule has 0 saturated carbocycles. The monoisotopic (exact) mass is 388 g/mol. The topological polar surface area (TPSA) is 76.1 Å². The van der Waals surface area contributed by atoms with Gasteiger partial charge in [-0.1, -0.05) is 6.07 Å². The van der Waals surface area contributed by atoms with Gasteiger partial charge >= 0.3 is 5.97 Å². The first-order chi connectivity index (χ1) is 13.7. The Kier molecular flexibility index (Phi) is 4.82. The molecule has 0 amide bonds. The molecule has 7 heteroatoms. The maximum Gasteiger partial charge on any atom is 0.337 e. The molecule has 0 atom stereocenters. The molecule has 0 aliphatic rings. The van der Waals surface area contributed by atoms with E-state index < -0.39 is 0 Å². The van der Waals surface area contributed by atoms with Gasteiger partial charge < -0.3 is 15.4 Å². The standard InChI is InChI=1S/C21H16N4O2S/c1-27-20(26)13-6-8-15(9-7-13)24-21(28)25-17-12-14-4-2-10-22-18(14)19-16(17)5-3-11-23-19/h2-12H,1H3,(H2,24,25,28). The fourth-order valence-corrected chi connectivity index (χ4v) is 3.20. The average Bonchev–Trinajstić information content (AvgIpc) is 2.74. The minimum atomic E-state index is -0.379. The number of hydrogen-bond donors (Lipinski definition) is 2. The third-order valence-electron chi connectivity index (χ3n) is 4.27. The number of methoxy groups -OCH3 is 1. The van der Waals surface area contributed by atoms with Gasteiger partial charge in [0.1, 0.15) is 0 Å². The Hall–Kier alpha value is -3.58. The first-order valence-electron chi connectivity index (χ1n) is 8.54. The molecule has 6 nitrogen and oxygen atoms in total. The van der Waals surface area contributed by atoms with Crippen LogP contribution >= 0.6 is 12.2 Å². The highest BCUT2D eigenvalue weighted by atomic mass is 32.1. The van der Waals surface area contributed by atoms with Gasteiger partial charge in [0.25, 0.3) is 0 Å². The van der Waals surface area contributed by atoms with Crippen LogP contribution < -0.4 is 10.6 Å². The maximum absolute atomic E-state index is 11.5. The Morgan fingerprint density at radius 3 is 2.43 bits per heavy atom. The molecule has 138 valence electrons. The number of fused-ring (bicyclic) bond motifs is 3. The number of ether oxygens (including phenoxy) is 1. The normalized spacial score (nSPS) is 10.6. The maximum atomic E-state index is 11.5. The Morgan fingerprint density at radius 2 is 1.68 bits per heavy atom. The highest BCUT2D eigenvalue weighted by molar-refractivity contribution is 7.80. The number of esters is 1. The van der Waals surface area contributed by atoms with E-state index >= 15 is 0 Å². The second-order valence-corrected chi connectivity index (χ2v) is 6.46. The number of aromatic nitrogens is 2. The minimum absolute atomic E-state index is 0.379. The van der Waals surface area contributed by atoms with Crippen molar-refractivity contribution < 1.29 is 9.53 Å². The first kappa shape index (κ1) is 17.8. The molecule has 4 rings (SSSR count). The Balaban J connectivity index is 1.60. The number of hydrogen-bond acceptors (Lipinski definition) is 5. The van der Waals surface area contributed by atoms with Crippen molar-refractivity contribution in [2.45, 2.75) is 0 Å². The summed E-state index contributed by atoms with van der Waals surface area (Å²) in [5, 5.41) is 8.69. The summed E-state index contributed by atoms with van der Waals surface area (Å²) in [6.45, 7) is 0. The van der Waals surface area contributed by atoms with E-state index in [0.29, 0.717) is 10.7 Å². The van der Waals surface area contributed by atoms with Crippen LogP contribution in [0.3, 0.4) is 0 Å². The second-order valence-electron chi connectivity index (χ2n) is 6.05. The summed E-state index contributed by atoms with van der Waals surface area (Å²) in [4.78, 5) is 20.5. The van der Waals surface area contributed by atoms with Crippen molar-refractivity contribution >= 4 is 56.5 Å². The Morgan fingerprint density at radius 1 is 0.964 bits per heavy atom. The lowest BCUT2D eigenvalue weighted by molar-refractivity contribution is 0.0601. The Labute approximate surface area is 166 Å². The third kappa shape index (κ3) is 3.47. The molecule has 0 aliphatic heterocycles. The molecule has 0 radical (unpaired) electrons. The van der Waals surface area contributed by atoms with Crippen LogP contribution in [0.1, 0.15) is 10.4 Å². The van der Waals surface area contributed by atoms with Gasteiger partial charge in [-0.15, -0.1) is 0 Å². The van der Waals surface area contributed by atoms with Crippen LogP contribution in [0.2, 0.25) is 0 Å². The molecule has 0 unspecified atom stereocenters. The summed E-state index contributed by atoms with van der Waals surface area (Å²) < 4.78 is 4.70. The fraction of sp³-hybridized carbons (Fsp3) is 0.0476. The molecule has 2 aromatic heterocycles. The number of thiocarbonyl (C=S) groups is 1. The van der Waals surface area contributed by atoms with Crippen LogP contribution in [-0.4, -0.2) is 28.2 Å². The van der Waals surface area contributed by atoms with Crippen LogP contribution in [0.25, 0.3) is 21.8 Å². The van der Waals surface area contributed by atoms with E-state index in [4.69, 9.17) is 17.0 Å². The summed E-state index contributed by atoms with van der Waals surface area (Å²) in [7, 11) is 1.35. The molecule has 0 saturated heterocycles. The summed E-state index contributed by atoms with van der Waals surface area (Å²) in [6, 6.07) is 16.6. The molecule has 2 heterocycles. The number of nitrogens with one attached hydrogen (secondary N) is 2. The zero-order valence-corrected chi connectivity index (χ0v) is 15.8. The van der Waals surface area contributed by atoms with Crippen LogP contribution in [0.5, 0.6) is 0 Å². The van der Waals surface area contributed by atoms with Crippen LogP contribution in [-0.2, 0) is 4.74 Å². The van der Waals surface area contributed by atoms with Crippen LogP contribution in [0.15, 0.2) is 67.0 Å². The van der Waals surface area contributed by atoms with Gasteiger partial charge in [-0.05, 0) is 60.7 Å². The molecule has 2 aromatic carbocycles. The molecule has 0 bridgehead atoms. The molecule has 0 aliphatic carbocycles. The van der Waals surface area contributed by atoms with Crippen LogP contribution in [0, 0.1) is 0 Å². The van der Waals surface area contributed by atoms with E-state index in [9.17, 15) is 4.79 Å². The number of carbonyl (C=O) groups is 1. The lowest BCUT2D eigenvalue weighted by Crippen LogP contribution is -2.19. The van der Waals surface area contributed by atoms with Crippen molar-refractivity contribution in [3.63, 3.8) is 0 Å². The summed E-state index contributed by atoms with van der Waals surface area (Å²) in [6.07, 6.45) is 3.51. The van der Waals surface area contributed by atoms with E-state index in [0.717, 1.165) is 33.2 Å². The summed E-state index contributed by atoms with van der Waals surface area (Å²) in [5.41, 5.74) is 3.74. The predicted molar refractivity (Wildman–Crippen MR) is 115 cm³/mol. The highest BCUT2D eigenvalue weighted by Gasteiger charge is 2.10. The molecule has 0 fully saturated rings. The van der Waals surface area contributed by atoms with Gasteiger partial charge in [-0.3, -0.25) is 9.97 Å². The fourth-order valence-electron chi connectivity index (χ4n) is 2.97. The highest BCUT2D eigenvalue weighted by Crippen LogP contribution is 2.29. The summed E-state index contributed by atoms with van der Waals surface area (Å²) >= 11 is 5.46. The SMILES string of the molecule is COC(=O)c1ccc(NC(=S)Nc2cc3cccnc3c3ncccc23)cc1. The zero-order chi connectivity index (χ0) is 19.5. The quantitative estimate of drug-likeness (QED) is 0.306. The van der Waals surface area contributed by atoms with E-state index in [1.807, 2.05) is 30.3 Å². The second kappa shape index (κ2) is 7.58. The molecule has 28 heavy (non-hydrogen) atoms. The zero-order valence-electron chi connectivity index (χ0n) is 15.0. The van der Waals surface area contributed by atoms with Crippen LogP contribution in [0.4, 0.5) is 11.4 Å². The van der Waals surface area contributed by atoms with Crippen molar-refractivity contribution in [3.8, 4) is 0 Å². The molecule has 2 N–H and O–H groups in total. The number of rotatable bonds is 3. The van der Waals surface area contributed by atoms with Crippen molar-refractivity contribution in [1.82, 2.24) is 9.97 Å². The summed E-state index contributed by atoms with van der Waals surface area (Å²) in [5.74, 6) is -0.379. The lowest BCUT2D eigenvalue weighted by Gasteiger charge is -2.14. The van der Waals surface area contributed by atoms with Crippen molar-refractivity contribution in [1.29, 1.82) is 0 Å². The predicted octanol–water partition coefficient (Wildman–Crippen LogP) is 4.38. The van der Waals surface area contributed by atoms with Crippen molar-refractivity contribution in [2.75, 3.05) is 17.7 Å². The molecular formula is C21H16N4O2S. The van der Waals surface area contributed by atoms with E-state index in [2.05, 4.69) is 20.6 Å². The van der Waals surface area contributed by atoms with Gasteiger partial charge in [0, 0.05) is 28.9 Å². The van der Waals surface area contributed by atoms with Gasteiger partial charge in [-0.2, -0.15) is 0 Å². The van der Waals surface area contributed by atoms with Gasteiger partial charge in [0.2, 0.25) is 0 Å². The lowest BCUT2D eigenvalue weighted by atomic mass is 10.1. The van der Waals surface area contributed by atoms with Gasteiger partial charge in [0.05, 0.1) is 29.4 Å². The van der Waals surface area contributed by atoms with E-state index in [1.165, 1.54) is 7.11 Å². The first-order valence-corrected chi connectivity index (χ1v) is 8.95. The van der Waals surface area contributed by atoms with Crippen molar-refractivity contribution in [2.24, 2.45) is 0 Å². The van der Waals surface area contributed by atoms with Crippen molar-refractivity contribution in [3.05, 3.63) is 72.6 Å². The number of nitrogens with zero attached hydrogens (tertiary/aromatic N) is 2. The Bertz CT molecular complexity index is 1190. The number of carbonyl (C=O) groups excluding carboxylic acids is 1. The van der Waals surface area contributed by atoms with Gasteiger partial charge in [0.15, 0.2) is 5.11 Å². The minimum Gasteiger partial charge on any atom is -0.465 e. The number of pyridine rings is 2. The smallest absolute Gasteiger partial charge is 0.337 e.